The predicted molar refractivity (Wildman–Crippen MR) is 100 cm³/mol. The Balaban J connectivity index is 2.20. The normalized spacial score (nSPS) is 11.6. The molecule has 1 atom stereocenters. The number of benzene rings is 1. The molecule has 1 aromatic heterocycles. The third-order valence-electron chi connectivity index (χ3n) is 4.24. The zero-order valence-electron chi connectivity index (χ0n) is 16.4. The van der Waals surface area contributed by atoms with Gasteiger partial charge in [0.25, 0.3) is 0 Å². The molecule has 0 aliphatic rings. The smallest absolute Gasteiger partial charge is 0.342 e. The number of phenols is 1. The van der Waals surface area contributed by atoms with Crippen LogP contribution in [-0.4, -0.2) is 47.6 Å². The third-order valence-corrected chi connectivity index (χ3v) is 4.24. The van der Waals surface area contributed by atoms with E-state index in [1.807, 2.05) is 0 Å². The van der Waals surface area contributed by atoms with Crippen LogP contribution in [0.15, 0.2) is 18.2 Å². The van der Waals surface area contributed by atoms with Gasteiger partial charge in [-0.15, -0.1) is 0 Å². The van der Waals surface area contributed by atoms with Crippen molar-refractivity contribution in [2.75, 3.05) is 13.7 Å². The summed E-state index contributed by atoms with van der Waals surface area (Å²) in [5.74, 6) is -1.83. The van der Waals surface area contributed by atoms with Crippen LogP contribution in [0.2, 0.25) is 0 Å². The highest BCUT2D eigenvalue weighted by Gasteiger charge is 2.28. The molecular weight excluding hydrogens is 366 g/mol. The predicted octanol–water partition coefficient (Wildman–Crippen LogP) is 2.95. The van der Waals surface area contributed by atoms with Gasteiger partial charge >= 0.3 is 11.9 Å². The molecule has 0 aliphatic carbocycles. The van der Waals surface area contributed by atoms with Crippen LogP contribution < -0.4 is 4.74 Å². The van der Waals surface area contributed by atoms with Crippen LogP contribution in [0.3, 0.4) is 0 Å². The summed E-state index contributed by atoms with van der Waals surface area (Å²) in [6.45, 7) is 6.60. The van der Waals surface area contributed by atoms with Crippen LogP contribution in [0.25, 0.3) is 0 Å². The summed E-state index contributed by atoms with van der Waals surface area (Å²) < 4.78 is 15.2. The summed E-state index contributed by atoms with van der Waals surface area (Å²) in [7, 11) is 1.43. The second kappa shape index (κ2) is 8.60. The Hall–Kier alpha value is -3.29. The van der Waals surface area contributed by atoms with Gasteiger partial charge in [-0.2, -0.15) is 0 Å². The lowest BCUT2D eigenvalue weighted by molar-refractivity contribution is 0.0314. The van der Waals surface area contributed by atoms with Crippen molar-refractivity contribution in [3.63, 3.8) is 0 Å². The average molecular weight is 389 g/mol. The zero-order chi connectivity index (χ0) is 21.0. The number of hydrogen-bond acceptors (Lipinski definition) is 7. The second-order valence-corrected chi connectivity index (χ2v) is 6.14. The fourth-order valence-electron chi connectivity index (χ4n) is 2.80. The molecule has 0 bridgehead atoms. The van der Waals surface area contributed by atoms with Crippen LogP contribution in [0.4, 0.5) is 0 Å². The molecular formula is C20H23NO7. The number of aromatic nitrogens is 1. The molecule has 8 heteroatoms. The van der Waals surface area contributed by atoms with E-state index < -0.39 is 23.8 Å². The van der Waals surface area contributed by atoms with Crippen LogP contribution in [0.1, 0.15) is 56.3 Å². The van der Waals surface area contributed by atoms with Gasteiger partial charge in [-0.05, 0) is 45.4 Å². The van der Waals surface area contributed by atoms with Gasteiger partial charge in [0.15, 0.2) is 6.10 Å². The highest BCUT2D eigenvalue weighted by molar-refractivity contribution is 6.04. The molecule has 1 unspecified atom stereocenters. The van der Waals surface area contributed by atoms with E-state index >= 15 is 0 Å². The molecule has 0 saturated heterocycles. The summed E-state index contributed by atoms with van der Waals surface area (Å²) in [6, 6.07) is 4.11. The topological polar surface area (TPSA) is 115 Å². The van der Waals surface area contributed by atoms with Crippen molar-refractivity contribution in [1.29, 1.82) is 0 Å². The molecule has 1 heterocycles. The number of rotatable bonds is 7. The van der Waals surface area contributed by atoms with Crippen LogP contribution in [0.5, 0.6) is 11.5 Å². The lowest BCUT2D eigenvalue weighted by atomic mass is 10.1. The number of ketones is 1. The van der Waals surface area contributed by atoms with E-state index in [-0.39, 0.29) is 29.2 Å². The van der Waals surface area contributed by atoms with Gasteiger partial charge in [0.2, 0.25) is 5.78 Å². The summed E-state index contributed by atoms with van der Waals surface area (Å²) in [6.07, 6.45) is -1.14. The monoisotopic (exact) mass is 389 g/mol. The maximum atomic E-state index is 12.7. The molecule has 1 aromatic carbocycles. The maximum absolute atomic E-state index is 12.7. The van der Waals surface area contributed by atoms with Crippen LogP contribution >= 0.6 is 0 Å². The fourth-order valence-corrected chi connectivity index (χ4v) is 2.80. The number of nitrogens with one attached hydrogen (secondary N) is 1. The van der Waals surface area contributed by atoms with Crippen molar-refractivity contribution < 1.29 is 33.7 Å². The molecule has 2 N–H and O–H groups in total. The van der Waals surface area contributed by atoms with Crippen LogP contribution in [-0.2, 0) is 9.47 Å². The van der Waals surface area contributed by atoms with Crippen molar-refractivity contribution in [1.82, 2.24) is 4.98 Å². The highest BCUT2D eigenvalue weighted by atomic mass is 16.5. The van der Waals surface area contributed by atoms with Gasteiger partial charge in [0.05, 0.1) is 25.0 Å². The Morgan fingerprint density at radius 2 is 1.86 bits per heavy atom. The summed E-state index contributed by atoms with van der Waals surface area (Å²) in [4.78, 5) is 40.0. The van der Waals surface area contributed by atoms with Gasteiger partial charge < -0.3 is 24.3 Å². The van der Waals surface area contributed by atoms with E-state index in [1.54, 1.807) is 20.8 Å². The number of Topliss-reactive ketones (excluding diaryl/α,β-unsaturated/α-hetero) is 1. The van der Waals surface area contributed by atoms with E-state index in [4.69, 9.17) is 14.2 Å². The molecule has 0 amide bonds. The Bertz CT molecular complexity index is 914. The molecule has 0 radical (unpaired) electrons. The van der Waals surface area contributed by atoms with Gasteiger partial charge in [-0.3, -0.25) is 4.79 Å². The minimum absolute atomic E-state index is 0.0907. The number of H-pyrrole nitrogens is 1. The van der Waals surface area contributed by atoms with E-state index in [0.29, 0.717) is 17.0 Å². The minimum atomic E-state index is -1.14. The zero-order valence-corrected chi connectivity index (χ0v) is 16.4. The molecule has 8 nitrogen and oxygen atoms in total. The number of hydrogen-bond donors (Lipinski definition) is 2. The van der Waals surface area contributed by atoms with Gasteiger partial charge in [-0.1, -0.05) is 0 Å². The summed E-state index contributed by atoms with van der Waals surface area (Å²) in [5.41, 5.74) is 1.28. The number of esters is 2. The van der Waals surface area contributed by atoms with E-state index in [0.717, 1.165) is 0 Å². The number of aryl methyl sites for hydroxylation is 1. The van der Waals surface area contributed by atoms with Gasteiger partial charge in [0, 0.05) is 11.8 Å². The average Bonchev–Trinajstić information content (AvgIpc) is 2.95. The van der Waals surface area contributed by atoms with Crippen molar-refractivity contribution >= 4 is 17.7 Å². The first-order valence-electron chi connectivity index (χ1n) is 8.69. The Morgan fingerprint density at radius 1 is 1.18 bits per heavy atom. The molecule has 2 rings (SSSR count). The van der Waals surface area contributed by atoms with Crippen molar-refractivity contribution in [2.24, 2.45) is 0 Å². The maximum Gasteiger partial charge on any atom is 0.342 e. The molecule has 150 valence electrons. The first-order chi connectivity index (χ1) is 13.2. The lowest BCUT2D eigenvalue weighted by Crippen LogP contribution is -2.25. The van der Waals surface area contributed by atoms with Gasteiger partial charge in [-0.25, -0.2) is 9.59 Å². The Morgan fingerprint density at radius 3 is 2.43 bits per heavy atom. The first-order valence-corrected chi connectivity index (χ1v) is 8.69. The number of phenolic OH excluding ortho intramolecular Hbond substituents is 1. The highest BCUT2D eigenvalue weighted by Crippen LogP contribution is 2.25. The summed E-state index contributed by atoms with van der Waals surface area (Å²) in [5, 5.41) is 9.93. The molecule has 28 heavy (non-hydrogen) atoms. The first kappa shape index (κ1) is 21.0. The largest absolute Gasteiger partial charge is 0.507 e. The number of aromatic hydroxyl groups is 1. The fraction of sp³-hybridized carbons (Fsp3) is 0.350. The Labute approximate surface area is 162 Å². The quantitative estimate of drug-likeness (QED) is 0.552. The molecule has 2 aromatic rings. The van der Waals surface area contributed by atoms with E-state index in [2.05, 4.69) is 4.98 Å². The van der Waals surface area contributed by atoms with Crippen LogP contribution in [0, 0.1) is 13.8 Å². The van der Waals surface area contributed by atoms with Crippen molar-refractivity contribution in [3.05, 3.63) is 46.3 Å². The standard InChI is InChI=1S/C20H23NO7/c1-6-27-20(25)16-10(2)17(21-11(16)3)18(23)12(4)28-19(24)14-8-7-13(26-5)9-15(14)22/h7-9,12,21-22H,6H2,1-5H3. The number of carbonyl (C=O) groups is 3. The Kier molecular flexibility index (Phi) is 6.45. The minimum Gasteiger partial charge on any atom is -0.507 e. The lowest BCUT2D eigenvalue weighted by Gasteiger charge is -2.13. The number of methoxy groups -OCH3 is 1. The second-order valence-electron chi connectivity index (χ2n) is 6.14. The number of ether oxygens (including phenoxy) is 3. The van der Waals surface area contributed by atoms with Gasteiger partial charge in [0.1, 0.15) is 17.1 Å². The molecule has 0 spiro atoms. The number of aromatic amines is 1. The van der Waals surface area contributed by atoms with Crippen molar-refractivity contribution in [3.8, 4) is 11.5 Å². The number of carbonyl (C=O) groups excluding carboxylic acids is 3. The van der Waals surface area contributed by atoms with E-state index in [9.17, 15) is 19.5 Å². The van der Waals surface area contributed by atoms with E-state index in [1.165, 1.54) is 32.2 Å². The molecule has 0 aliphatic heterocycles. The SMILES string of the molecule is CCOC(=O)c1c(C)[nH]c(C(=O)C(C)OC(=O)c2ccc(OC)cc2O)c1C. The molecule has 0 fully saturated rings. The molecule has 0 saturated carbocycles. The van der Waals surface area contributed by atoms with Crippen molar-refractivity contribution in [2.45, 2.75) is 33.8 Å². The third kappa shape index (κ3) is 4.16. The summed E-state index contributed by atoms with van der Waals surface area (Å²) >= 11 is 0.